The zero-order valence-corrected chi connectivity index (χ0v) is 15.4. The van der Waals surface area contributed by atoms with Crippen molar-refractivity contribution in [2.24, 2.45) is 0 Å². The largest absolute Gasteiger partial charge is 0.319 e. The predicted molar refractivity (Wildman–Crippen MR) is 92.0 cm³/mol. The summed E-state index contributed by atoms with van der Waals surface area (Å²) < 4.78 is 2.67. The van der Waals surface area contributed by atoms with Crippen molar-refractivity contribution in [2.45, 2.75) is 67.2 Å². The number of likely N-dealkylation sites (N-methyl/N-ethyl adjacent to an activating group) is 2. The first kappa shape index (κ1) is 19.9. The second kappa shape index (κ2) is 10.6. The van der Waals surface area contributed by atoms with Gasteiger partial charge in [0.05, 0.1) is 39.3 Å². The predicted octanol–water partition coefficient (Wildman–Crippen LogP) is 4.30. The smallest absolute Gasteiger partial charge is 0.128 e. The fraction of sp³-hybridized carbons (Fsp3) is 1.00. The summed E-state index contributed by atoms with van der Waals surface area (Å²) in [6.07, 6.45) is 5.43. The molecular formula is C18H42N2+2. The minimum atomic E-state index is 1.30. The molecule has 0 aromatic carbocycles. The van der Waals surface area contributed by atoms with Crippen LogP contribution in [0.4, 0.5) is 0 Å². The van der Waals surface area contributed by atoms with Crippen LogP contribution in [-0.2, 0) is 0 Å². The van der Waals surface area contributed by atoms with Crippen LogP contribution in [0.1, 0.15) is 67.2 Å². The lowest BCUT2D eigenvalue weighted by Gasteiger charge is -2.42. The second-order valence-corrected chi connectivity index (χ2v) is 6.55. The average Bonchev–Trinajstić information content (AvgIpc) is 2.51. The zero-order valence-electron chi connectivity index (χ0n) is 15.4. The molecule has 0 aromatic rings. The van der Waals surface area contributed by atoms with Crippen LogP contribution in [0.15, 0.2) is 0 Å². The van der Waals surface area contributed by atoms with Gasteiger partial charge in [0.25, 0.3) is 0 Å². The molecule has 0 spiro atoms. The van der Waals surface area contributed by atoms with Gasteiger partial charge in [-0.15, -0.1) is 0 Å². The SMILES string of the molecule is CCCC[N+](CC)(CC)CC[N+](CC)(CC)CCCC. The van der Waals surface area contributed by atoms with Crippen LogP contribution in [-0.4, -0.2) is 61.3 Å². The van der Waals surface area contributed by atoms with Crippen LogP contribution in [0.5, 0.6) is 0 Å². The lowest BCUT2D eigenvalue weighted by molar-refractivity contribution is -0.978. The Bertz CT molecular complexity index is 193. The summed E-state index contributed by atoms with van der Waals surface area (Å²) in [5, 5.41) is 0. The first-order valence-electron chi connectivity index (χ1n) is 9.27. The molecule has 0 rings (SSSR count). The molecule has 0 aliphatic carbocycles. The van der Waals surface area contributed by atoms with Crippen molar-refractivity contribution in [3.8, 4) is 0 Å². The van der Waals surface area contributed by atoms with Gasteiger partial charge in [-0.25, -0.2) is 0 Å². The Labute approximate surface area is 129 Å². The van der Waals surface area contributed by atoms with E-state index in [-0.39, 0.29) is 0 Å². The summed E-state index contributed by atoms with van der Waals surface area (Å²) in [6, 6.07) is 0. The number of nitrogens with zero attached hydrogens (tertiary/aromatic N) is 2. The Balaban J connectivity index is 4.68. The van der Waals surface area contributed by atoms with E-state index in [0.717, 1.165) is 0 Å². The molecule has 0 saturated carbocycles. The molecule has 0 N–H and O–H groups in total. The maximum absolute atomic E-state index is 2.39. The van der Waals surface area contributed by atoms with E-state index in [1.165, 1.54) is 87.0 Å². The van der Waals surface area contributed by atoms with Gasteiger partial charge >= 0.3 is 0 Å². The standard InChI is InChI=1S/C18H42N2/c1-7-13-15-19(9-3,10-4)17-18-20(11-5,12-6)16-14-8-2/h7-18H2,1-6H3/q+2. The summed E-state index contributed by atoms with van der Waals surface area (Å²) in [6.45, 7) is 24.9. The zero-order chi connectivity index (χ0) is 15.5. The van der Waals surface area contributed by atoms with E-state index in [2.05, 4.69) is 41.5 Å². The number of hydrogen-bond donors (Lipinski definition) is 0. The molecule has 0 atom stereocenters. The van der Waals surface area contributed by atoms with Crippen molar-refractivity contribution < 1.29 is 8.97 Å². The van der Waals surface area contributed by atoms with Gasteiger partial charge in [0.1, 0.15) is 13.1 Å². The quantitative estimate of drug-likeness (QED) is 0.443. The van der Waals surface area contributed by atoms with Crippen LogP contribution in [0.25, 0.3) is 0 Å². The molecular weight excluding hydrogens is 244 g/mol. The highest BCUT2D eigenvalue weighted by Crippen LogP contribution is 2.15. The van der Waals surface area contributed by atoms with Gasteiger partial charge in [0.15, 0.2) is 0 Å². The molecule has 0 aliphatic heterocycles. The van der Waals surface area contributed by atoms with Crippen molar-refractivity contribution >= 4 is 0 Å². The summed E-state index contributed by atoms with van der Waals surface area (Å²) >= 11 is 0. The molecule has 0 saturated heterocycles. The summed E-state index contributed by atoms with van der Waals surface area (Å²) in [4.78, 5) is 0. The lowest BCUT2D eigenvalue weighted by Crippen LogP contribution is -2.58. The molecule has 0 amide bonds. The monoisotopic (exact) mass is 286 g/mol. The van der Waals surface area contributed by atoms with Crippen molar-refractivity contribution in [3.05, 3.63) is 0 Å². The molecule has 0 unspecified atom stereocenters. The molecule has 0 aliphatic rings. The van der Waals surface area contributed by atoms with Gasteiger partial charge in [-0.1, -0.05) is 26.7 Å². The molecule has 20 heavy (non-hydrogen) atoms. The third-order valence-electron chi connectivity index (χ3n) is 5.70. The summed E-state index contributed by atoms with van der Waals surface area (Å²) in [5.41, 5.74) is 0. The van der Waals surface area contributed by atoms with Gasteiger partial charge in [-0.05, 0) is 40.5 Å². The molecule has 0 heterocycles. The van der Waals surface area contributed by atoms with E-state index >= 15 is 0 Å². The van der Waals surface area contributed by atoms with Crippen LogP contribution in [0.2, 0.25) is 0 Å². The highest BCUT2D eigenvalue weighted by atomic mass is 15.4. The lowest BCUT2D eigenvalue weighted by atomic mass is 10.2. The summed E-state index contributed by atoms with van der Waals surface area (Å²) in [5.74, 6) is 0. The fourth-order valence-corrected chi connectivity index (χ4v) is 3.35. The third-order valence-corrected chi connectivity index (χ3v) is 5.70. The maximum atomic E-state index is 2.39. The Morgan fingerprint density at radius 3 is 0.950 bits per heavy atom. The van der Waals surface area contributed by atoms with Crippen molar-refractivity contribution in [1.82, 2.24) is 0 Å². The number of quaternary nitrogens is 2. The molecule has 0 fully saturated rings. The van der Waals surface area contributed by atoms with E-state index in [9.17, 15) is 0 Å². The molecule has 2 nitrogen and oxygen atoms in total. The number of hydrogen-bond acceptors (Lipinski definition) is 0. The van der Waals surface area contributed by atoms with Gasteiger partial charge in [0, 0.05) is 0 Å². The molecule has 0 aromatic heterocycles. The molecule has 2 heteroatoms. The van der Waals surface area contributed by atoms with Crippen LogP contribution < -0.4 is 0 Å². The van der Waals surface area contributed by atoms with Crippen molar-refractivity contribution in [2.75, 3.05) is 52.4 Å². The van der Waals surface area contributed by atoms with Crippen LogP contribution in [0.3, 0.4) is 0 Å². The minimum absolute atomic E-state index is 1.30. The van der Waals surface area contributed by atoms with Gasteiger partial charge in [0.2, 0.25) is 0 Å². The van der Waals surface area contributed by atoms with Crippen LogP contribution >= 0.6 is 0 Å². The fourth-order valence-electron chi connectivity index (χ4n) is 3.35. The minimum Gasteiger partial charge on any atom is -0.319 e. The Morgan fingerprint density at radius 1 is 0.450 bits per heavy atom. The highest BCUT2D eigenvalue weighted by molar-refractivity contribution is 4.47. The third kappa shape index (κ3) is 6.13. The molecule has 0 radical (unpaired) electrons. The van der Waals surface area contributed by atoms with Crippen molar-refractivity contribution in [3.63, 3.8) is 0 Å². The topological polar surface area (TPSA) is 0 Å². The number of rotatable bonds is 13. The van der Waals surface area contributed by atoms with Gasteiger partial charge in [-0.3, -0.25) is 0 Å². The number of unbranched alkanes of at least 4 members (excludes halogenated alkanes) is 2. The highest BCUT2D eigenvalue weighted by Gasteiger charge is 2.30. The van der Waals surface area contributed by atoms with E-state index in [1.807, 2.05) is 0 Å². The average molecular weight is 287 g/mol. The van der Waals surface area contributed by atoms with E-state index in [1.54, 1.807) is 0 Å². The molecule has 122 valence electrons. The normalized spacial score (nSPS) is 12.9. The van der Waals surface area contributed by atoms with E-state index < -0.39 is 0 Å². The first-order chi connectivity index (χ1) is 9.57. The second-order valence-electron chi connectivity index (χ2n) is 6.55. The Morgan fingerprint density at radius 2 is 0.750 bits per heavy atom. The van der Waals surface area contributed by atoms with Gasteiger partial charge in [-0.2, -0.15) is 0 Å². The van der Waals surface area contributed by atoms with E-state index in [4.69, 9.17) is 0 Å². The van der Waals surface area contributed by atoms with Crippen LogP contribution in [0, 0.1) is 0 Å². The maximum Gasteiger partial charge on any atom is 0.128 e. The van der Waals surface area contributed by atoms with E-state index in [0.29, 0.717) is 0 Å². The van der Waals surface area contributed by atoms with Crippen molar-refractivity contribution in [1.29, 1.82) is 0 Å². The first-order valence-corrected chi connectivity index (χ1v) is 9.27. The molecule has 0 bridgehead atoms. The summed E-state index contributed by atoms with van der Waals surface area (Å²) in [7, 11) is 0. The Kier molecular flexibility index (Phi) is 10.6. The van der Waals surface area contributed by atoms with Gasteiger partial charge < -0.3 is 8.97 Å². The Hall–Kier alpha value is -0.0800.